The molecule has 0 aliphatic rings. The molecule has 1 atom stereocenters. The van der Waals surface area contributed by atoms with Gasteiger partial charge in [0.25, 0.3) is 0 Å². The molecule has 0 aromatic heterocycles. The molecule has 2 aromatic rings. The van der Waals surface area contributed by atoms with Crippen molar-refractivity contribution in [3.8, 4) is 5.75 Å². The van der Waals surface area contributed by atoms with Crippen LogP contribution in [0.2, 0.25) is 5.02 Å². The predicted molar refractivity (Wildman–Crippen MR) is 73.0 cm³/mol. The van der Waals surface area contributed by atoms with Crippen LogP contribution in [0.3, 0.4) is 0 Å². The van der Waals surface area contributed by atoms with E-state index in [1.54, 1.807) is 0 Å². The highest BCUT2D eigenvalue weighted by Gasteiger charge is 2.34. The maximum absolute atomic E-state index is 14.1. The van der Waals surface area contributed by atoms with Crippen molar-refractivity contribution in [2.24, 2.45) is 0 Å². The van der Waals surface area contributed by atoms with Crippen LogP contribution >= 0.6 is 11.6 Å². The van der Waals surface area contributed by atoms with E-state index in [4.69, 9.17) is 16.3 Å². The molecular formula is C15H13ClF2O2. The maximum Gasteiger partial charge on any atom is 0.133 e. The molecule has 106 valence electrons. The molecule has 2 aromatic carbocycles. The van der Waals surface area contributed by atoms with E-state index < -0.39 is 17.2 Å². The lowest BCUT2D eigenvalue weighted by Gasteiger charge is -2.27. The van der Waals surface area contributed by atoms with Gasteiger partial charge in [0.15, 0.2) is 0 Å². The molecule has 0 saturated heterocycles. The second-order valence-corrected chi connectivity index (χ2v) is 4.92. The standard InChI is InChI=1S/C15H13ClF2O2/c1-15(19,10-8-9(17)6-7-11(10)16)14-12(18)4-3-5-13(14)20-2/h3-8,19H,1-2H3. The van der Waals surface area contributed by atoms with Crippen LogP contribution in [0.5, 0.6) is 5.75 Å². The minimum absolute atomic E-state index is 0.0718. The number of ether oxygens (including phenoxy) is 1. The highest BCUT2D eigenvalue weighted by molar-refractivity contribution is 6.31. The van der Waals surface area contributed by atoms with Gasteiger partial charge in [-0.25, -0.2) is 8.78 Å². The van der Waals surface area contributed by atoms with Gasteiger partial charge >= 0.3 is 0 Å². The Bertz CT molecular complexity index is 642. The monoisotopic (exact) mass is 298 g/mol. The van der Waals surface area contributed by atoms with Crippen molar-refractivity contribution in [2.75, 3.05) is 7.11 Å². The highest BCUT2D eigenvalue weighted by Crippen LogP contribution is 2.40. The second-order valence-electron chi connectivity index (χ2n) is 4.51. The molecule has 20 heavy (non-hydrogen) atoms. The van der Waals surface area contributed by atoms with Crippen molar-refractivity contribution < 1.29 is 18.6 Å². The molecule has 0 bridgehead atoms. The largest absolute Gasteiger partial charge is 0.496 e. The van der Waals surface area contributed by atoms with E-state index in [1.165, 1.54) is 44.4 Å². The lowest BCUT2D eigenvalue weighted by Crippen LogP contribution is -2.26. The summed E-state index contributed by atoms with van der Waals surface area (Å²) in [7, 11) is 1.36. The van der Waals surface area contributed by atoms with E-state index in [0.29, 0.717) is 0 Å². The van der Waals surface area contributed by atoms with Crippen LogP contribution in [0.15, 0.2) is 36.4 Å². The van der Waals surface area contributed by atoms with Gasteiger partial charge in [0, 0.05) is 10.6 Å². The van der Waals surface area contributed by atoms with Crippen molar-refractivity contribution in [1.29, 1.82) is 0 Å². The molecule has 0 fully saturated rings. The predicted octanol–water partition coefficient (Wildman–Crippen LogP) is 3.88. The normalized spacial score (nSPS) is 13.9. The molecule has 0 radical (unpaired) electrons. The molecule has 0 saturated carbocycles. The molecule has 5 heteroatoms. The Labute approximate surface area is 120 Å². The minimum atomic E-state index is -1.82. The Morgan fingerprint density at radius 1 is 1.20 bits per heavy atom. The van der Waals surface area contributed by atoms with E-state index in [1.807, 2.05) is 0 Å². The lowest BCUT2D eigenvalue weighted by atomic mass is 9.87. The molecule has 1 unspecified atom stereocenters. The molecule has 0 aliphatic heterocycles. The number of halogens is 3. The fourth-order valence-electron chi connectivity index (χ4n) is 2.15. The Hall–Kier alpha value is -1.65. The lowest BCUT2D eigenvalue weighted by molar-refractivity contribution is 0.0942. The third kappa shape index (κ3) is 2.49. The van der Waals surface area contributed by atoms with Crippen LogP contribution in [-0.2, 0) is 5.60 Å². The summed E-state index contributed by atoms with van der Waals surface area (Å²) in [6.07, 6.45) is 0. The van der Waals surface area contributed by atoms with Crippen molar-refractivity contribution in [2.45, 2.75) is 12.5 Å². The van der Waals surface area contributed by atoms with Gasteiger partial charge in [0.2, 0.25) is 0 Å². The first-order valence-corrected chi connectivity index (χ1v) is 6.26. The Kier molecular flexibility index (Phi) is 3.97. The summed E-state index contributed by atoms with van der Waals surface area (Å²) in [4.78, 5) is 0. The van der Waals surface area contributed by atoms with E-state index in [2.05, 4.69) is 0 Å². The second kappa shape index (κ2) is 5.38. The van der Waals surface area contributed by atoms with Crippen LogP contribution in [0.1, 0.15) is 18.1 Å². The van der Waals surface area contributed by atoms with Crippen LogP contribution in [0, 0.1) is 11.6 Å². The van der Waals surface area contributed by atoms with Crippen LogP contribution in [0.25, 0.3) is 0 Å². The summed E-state index contributed by atoms with van der Waals surface area (Å²) in [6, 6.07) is 7.73. The molecular weight excluding hydrogens is 286 g/mol. The number of methoxy groups -OCH3 is 1. The summed E-state index contributed by atoms with van der Waals surface area (Å²) in [6.45, 7) is 1.34. The fourth-order valence-corrected chi connectivity index (χ4v) is 2.45. The third-order valence-corrected chi connectivity index (χ3v) is 3.46. The zero-order chi connectivity index (χ0) is 14.9. The number of hydrogen-bond acceptors (Lipinski definition) is 2. The van der Waals surface area contributed by atoms with Crippen molar-refractivity contribution >= 4 is 11.6 Å². The zero-order valence-corrected chi connectivity index (χ0v) is 11.7. The van der Waals surface area contributed by atoms with E-state index in [-0.39, 0.29) is 21.9 Å². The first-order valence-electron chi connectivity index (χ1n) is 5.88. The number of benzene rings is 2. The molecule has 0 aliphatic carbocycles. The van der Waals surface area contributed by atoms with Gasteiger partial charge in [-0.1, -0.05) is 17.7 Å². The summed E-state index contributed by atoms with van der Waals surface area (Å²) in [5.74, 6) is -1.06. The first kappa shape index (κ1) is 14.8. The molecule has 0 spiro atoms. The van der Waals surface area contributed by atoms with Crippen molar-refractivity contribution in [3.63, 3.8) is 0 Å². The Balaban J connectivity index is 2.69. The smallest absolute Gasteiger partial charge is 0.133 e. The maximum atomic E-state index is 14.1. The molecule has 0 heterocycles. The molecule has 1 N–H and O–H groups in total. The van der Waals surface area contributed by atoms with E-state index in [9.17, 15) is 13.9 Å². The van der Waals surface area contributed by atoms with Gasteiger partial charge in [0.1, 0.15) is 23.0 Å². The van der Waals surface area contributed by atoms with Crippen molar-refractivity contribution in [3.05, 3.63) is 64.2 Å². The number of aliphatic hydroxyl groups is 1. The highest BCUT2D eigenvalue weighted by atomic mass is 35.5. The van der Waals surface area contributed by atoms with Gasteiger partial charge in [-0.15, -0.1) is 0 Å². The Morgan fingerprint density at radius 3 is 2.55 bits per heavy atom. The average molecular weight is 299 g/mol. The quantitative estimate of drug-likeness (QED) is 0.932. The molecule has 2 nitrogen and oxygen atoms in total. The average Bonchev–Trinajstić information content (AvgIpc) is 2.40. The van der Waals surface area contributed by atoms with E-state index >= 15 is 0 Å². The summed E-state index contributed by atoms with van der Waals surface area (Å²) >= 11 is 5.99. The molecule has 2 rings (SSSR count). The van der Waals surface area contributed by atoms with E-state index in [0.717, 1.165) is 6.07 Å². The van der Waals surface area contributed by atoms with Crippen molar-refractivity contribution in [1.82, 2.24) is 0 Å². The van der Waals surface area contributed by atoms with Crippen LogP contribution in [-0.4, -0.2) is 12.2 Å². The third-order valence-electron chi connectivity index (χ3n) is 3.13. The summed E-state index contributed by atoms with van der Waals surface area (Å²) < 4.78 is 32.5. The number of rotatable bonds is 3. The van der Waals surface area contributed by atoms with Gasteiger partial charge < -0.3 is 9.84 Å². The number of hydrogen-bond donors (Lipinski definition) is 1. The zero-order valence-electron chi connectivity index (χ0n) is 11.0. The van der Waals surface area contributed by atoms with Gasteiger partial charge in [-0.2, -0.15) is 0 Å². The summed E-state index contributed by atoms with van der Waals surface area (Å²) in [5, 5.41) is 10.8. The first-order chi connectivity index (χ1) is 9.37. The van der Waals surface area contributed by atoms with Gasteiger partial charge in [-0.05, 0) is 37.3 Å². The Morgan fingerprint density at radius 2 is 1.90 bits per heavy atom. The SMILES string of the molecule is COc1cccc(F)c1C(C)(O)c1cc(F)ccc1Cl. The van der Waals surface area contributed by atoms with Gasteiger partial charge in [0.05, 0.1) is 12.7 Å². The minimum Gasteiger partial charge on any atom is -0.496 e. The topological polar surface area (TPSA) is 29.5 Å². The van der Waals surface area contributed by atoms with Crippen LogP contribution < -0.4 is 4.74 Å². The molecule has 0 amide bonds. The fraction of sp³-hybridized carbons (Fsp3) is 0.200. The van der Waals surface area contributed by atoms with Gasteiger partial charge in [-0.3, -0.25) is 0 Å². The van der Waals surface area contributed by atoms with Crippen LogP contribution in [0.4, 0.5) is 8.78 Å². The summed E-state index contributed by atoms with van der Waals surface area (Å²) in [5.41, 5.74) is -1.84.